The van der Waals surface area contributed by atoms with Gasteiger partial charge in [0.1, 0.15) is 0 Å². The van der Waals surface area contributed by atoms with E-state index in [1.807, 2.05) is 35.9 Å². The molecule has 1 aliphatic rings. The van der Waals surface area contributed by atoms with Gasteiger partial charge in [-0.25, -0.2) is 4.98 Å². The van der Waals surface area contributed by atoms with Crippen molar-refractivity contribution in [2.45, 2.75) is 22.9 Å². The van der Waals surface area contributed by atoms with Gasteiger partial charge in [0, 0.05) is 36.6 Å². The average molecular weight is 391 g/mol. The number of ketones is 1. The molecule has 0 radical (unpaired) electrons. The zero-order valence-electron chi connectivity index (χ0n) is 15.2. The van der Waals surface area contributed by atoms with Gasteiger partial charge in [-0.05, 0) is 47.9 Å². The molecular weight excluding hydrogens is 374 g/mol. The first-order valence-electron chi connectivity index (χ1n) is 8.80. The third-order valence-electron chi connectivity index (χ3n) is 4.72. The summed E-state index contributed by atoms with van der Waals surface area (Å²) in [6.07, 6.45) is 6.63. The van der Waals surface area contributed by atoms with Crippen LogP contribution in [0.4, 0.5) is 5.69 Å². The number of nitro benzene ring substituents is 1. The molecule has 6 nitrogen and oxygen atoms in total. The van der Waals surface area contributed by atoms with Crippen LogP contribution in [0.25, 0.3) is 6.08 Å². The summed E-state index contributed by atoms with van der Waals surface area (Å²) in [7, 11) is 1.84. The number of fused-ring (bicyclic) bond motifs is 1. The highest BCUT2D eigenvalue weighted by Gasteiger charge is 2.22. The number of hydrogen-bond acceptors (Lipinski definition) is 5. The third-order valence-corrected chi connectivity index (χ3v) is 5.86. The fourth-order valence-electron chi connectivity index (χ4n) is 3.26. The van der Waals surface area contributed by atoms with E-state index in [1.165, 1.54) is 17.8 Å². The average Bonchev–Trinajstić information content (AvgIpc) is 3.10. The second-order valence-electron chi connectivity index (χ2n) is 6.56. The van der Waals surface area contributed by atoms with E-state index in [2.05, 4.69) is 4.98 Å². The van der Waals surface area contributed by atoms with Crippen molar-refractivity contribution in [1.82, 2.24) is 9.55 Å². The number of carbonyl (C=O) groups is 1. The first kappa shape index (κ1) is 18.2. The van der Waals surface area contributed by atoms with Crippen LogP contribution in [0.5, 0.6) is 0 Å². The lowest BCUT2D eigenvalue weighted by molar-refractivity contribution is -0.387. The second-order valence-corrected chi connectivity index (χ2v) is 7.57. The summed E-state index contributed by atoms with van der Waals surface area (Å²) in [5.74, 6) is -0.00374. The summed E-state index contributed by atoms with van der Waals surface area (Å²) in [5.41, 5.74) is 3.11. The number of benzene rings is 2. The number of hydrogen-bond donors (Lipinski definition) is 0. The molecule has 0 aliphatic heterocycles. The Labute approximate surface area is 166 Å². The van der Waals surface area contributed by atoms with E-state index in [0.717, 1.165) is 17.5 Å². The number of Topliss-reactive ketones (excluding diaryl/α,β-unsaturated/α-hetero) is 1. The Hall–Kier alpha value is -3.19. The summed E-state index contributed by atoms with van der Waals surface area (Å²) >= 11 is 1.24. The van der Waals surface area contributed by atoms with E-state index in [1.54, 1.807) is 30.6 Å². The predicted molar refractivity (Wildman–Crippen MR) is 107 cm³/mol. The molecule has 1 heterocycles. The summed E-state index contributed by atoms with van der Waals surface area (Å²) in [4.78, 5) is 28.6. The summed E-state index contributed by atoms with van der Waals surface area (Å²) in [6.45, 7) is 0. The SMILES string of the molecule is Cn1ccnc1Sc1ccc(/C=C2\CCc3ccccc3C2=O)cc1[N+](=O)[O-]. The van der Waals surface area contributed by atoms with E-state index in [9.17, 15) is 14.9 Å². The van der Waals surface area contributed by atoms with Crippen molar-refractivity contribution in [2.24, 2.45) is 7.05 Å². The lowest BCUT2D eigenvalue weighted by Gasteiger charge is -2.17. The van der Waals surface area contributed by atoms with Gasteiger partial charge in [-0.2, -0.15) is 0 Å². The van der Waals surface area contributed by atoms with E-state index >= 15 is 0 Å². The van der Waals surface area contributed by atoms with E-state index in [0.29, 0.717) is 27.6 Å². The quantitative estimate of drug-likeness (QED) is 0.366. The van der Waals surface area contributed by atoms with Gasteiger partial charge in [0.05, 0.1) is 9.82 Å². The number of nitrogens with zero attached hydrogens (tertiary/aromatic N) is 3. The van der Waals surface area contributed by atoms with E-state index in [-0.39, 0.29) is 11.5 Å². The maximum absolute atomic E-state index is 12.7. The van der Waals surface area contributed by atoms with Crippen LogP contribution in [0, 0.1) is 10.1 Å². The molecule has 0 saturated carbocycles. The molecule has 0 atom stereocenters. The fourth-order valence-corrected chi connectivity index (χ4v) is 4.15. The molecule has 1 aliphatic carbocycles. The van der Waals surface area contributed by atoms with Gasteiger partial charge < -0.3 is 4.57 Å². The molecule has 0 bridgehead atoms. The molecule has 140 valence electrons. The Kier molecular flexibility index (Phi) is 4.83. The van der Waals surface area contributed by atoms with Crippen molar-refractivity contribution in [3.8, 4) is 0 Å². The summed E-state index contributed by atoms with van der Waals surface area (Å²) < 4.78 is 1.81. The number of aryl methyl sites for hydroxylation is 2. The minimum atomic E-state index is -0.398. The van der Waals surface area contributed by atoms with Crippen LogP contribution < -0.4 is 0 Å². The molecule has 4 rings (SSSR count). The normalized spacial score (nSPS) is 14.9. The molecule has 1 aromatic heterocycles. The van der Waals surface area contributed by atoms with Gasteiger partial charge in [-0.1, -0.05) is 30.3 Å². The molecular formula is C21H17N3O3S. The molecule has 0 saturated heterocycles. The molecule has 0 unspecified atom stereocenters. The van der Waals surface area contributed by atoms with Crippen LogP contribution in [-0.2, 0) is 13.5 Å². The Morgan fingerprint density at radius 2 is 2.04 bits per heavy atom. The van der Waals surface area contributed by atoms with Crippen molar-refractivity contribution in [3.05, 3.63) is 87.2 Å². The molecule has 28 heavy (non-hydrogen) atoms. The Morgan fingerprint density at radius 3 is 2.79 bits per heavy atom. The van der Waals surface area contributed by atoms with Crippen molar-refractivity contribution >= 4 is 29.3 Å². The molecule has 3 aromatic rings. The number of aromatic nitrogens is 2. The zero-order chi connectivity index (χ0) is 19.7. The number of carbonyl (C=O) groups excluding carboxylic acids is 1. The van der Waals surface area contributed by atoms with Gasteiger partial charge in [0.25, 0.3) is 5.69 Å². The van der Waals surface area contributed by atoms with Crippen molar-refractivity contribution in [2.75, 3.05) is 0 Å². The van der Waals surface area contributed by atoms with Crippen LogP contribution in [-0.4, -0.2) is 20.3 Å². The third kappa shape index (κ3) is 3.48. The molecule has 0 fully saturated rings. The largest absolute Gasteiger partial charge is 0.329 e. The molecule has 7 heteroatoms. The van der Waals surface area contributed by atoms with Gasteiger partial charge in [-0.3, -0.25) is 14.9 Å². The lowest BCUT2D eigenvalue weighted by Crippen LogP contribution is -2.13. The monoisotopic (exact) mass is 391 g/mol. The van der Waals surface area contributed by atoms with Crippen LogP contribution in [0.1, 0.15) is 27.9 Å². The lowest BCUT2D eigenvalue weighted by atomic mass is 9.86. The van der Waals surface area contributed by atoms with Crippen LogP contribution in [0.2, 0.25) is 0 Å². The van der Waals surface area contributed by atoms with E-state index in [4.69, 9.17) is 0 Å². The van der Waals surface area contributed by atoms with Crippen LogP contribution in [0.3, 0.4) is 0 Å². The molecule has 2 aromatic carbocycles. The number of allylic oxidation sites excluding steroid dienone is 1. The molecule has 0 amide bonds. The van der Waals surface area contributed by atoms with Gasteiger partial charge in [0.15, 0.2) is 10.9 Å². The standard InChI is InChI=1S/C21H17N3O3S/c1-23-11-10-22-21(23)28-19-9-6-14(13-18(19)24(26)27)12-16-8-7-15-4-2-3-5-17(15)20(16)25/h2-6,9-13H,7-8H2,1H3/b16-12+. The Morgan fingerprint density at radius 1 is 1.21 bits per heavy atom. The minimum absolute atomic E-state index is 0.00374. The van der Waals surface area contributed by atoms with Gasteiger partial charge in [0.2, 0.25) is 0 Å². The van der Waals surface area contributed by atoms with Gasteiger partial charge >= 0.3 is 0 Å². The summed E-state index contributed by atoms with van der Waals surface area (Å²) in [6, 6.07) is 12.6. The van der Waals surface area contributed by atoms with Crippen LogP contribution in [0.15, 0.2) is 70.5 Å². The zero-order valence-corrected chi connectivity index (χ0v) is 16.0. The first-order valence-corrected chi connectivity index (χ1v) is 9.61. The predicted octanol–water partition coefficient (Wildman–Crippen LogP) is 4.69. The van der Waals surface area contributed by atoms with Crippen molar-refractivity contribution in [3.63, 3.8) is 0 Å². The highest BCUT2D eigenvalue weighted by atomic mass is 32.2. The molecule has 0 N–H and O–H groups in total. The smallest absolute Gasteiger partial charge is 0.283 e. The Bertz CT molecular complexity index is 1120. The highest BCUT2D eigenvalue weighted by Crippen LogP contribution is 2.35. The number of imidazole rings is 1. The van der Waals surface area contributed by atoms with Crippen molar-refractivity contribution in [1.29, 1.82) is 0 Å². The molecule has 0 spiro atoms. The number of nitro groups is 1. The van der Waals surface area contributed by atoms with Crippen LogP contribution >= 0.6 is 11.8 Å². The minimum Gasteiger partial charge on any atom is -0.329 e. The highest BCUT2D eigenvalue weighted by molar-refractivity contribution is 7.99. The fraction of sp³-hybridized carbons (Fsp3) is 0.143. The Balaban J connectivity index is 1.67. The number of rotatable bonds is 4. The first-order chi connectivity index (χ1) is 13.5. The van der Waals surface area contributed by atoms with Crippen molar-refractivity contribution < 1.29 is 9.72 Å². The van der Waals surface area contributed by atoms with Gasteiger partial charge in [-0.15, -0.1) is 0 Å². The van der Waals surface area contributed by atoms with E-state index < -0.39 is 4.92 Å². The maximum Gasteiger partial charge on any atom is 0.283 e. The second kappa shape index (κ2) is 7.44. The summed E-state index contributed by atoms with van der Waals surface area (Å²) in [5, 5.41) is 12.3. The topological polar surface area (TPSA) is 78.0 Å². The maximum atomic E-state index is 12.7.